The summed E-state index contributed by atoms with van der Waals surface area (Å²) < 4.78 is 19.9. The Morgan fingerprint density at radius 3 is 2.61 bits per heavy atom. The van der Waals surface area contributed by atoms with Gasteiger partial charge in [-0.15, -0.1) is 0 Å². The van der Waals surface area contributed by atoms with Gasteiger partial charge in [-0.05, 0) is 51.1 Å². The van der Waals surface area contributed by atoms with Crippen LogP contribution >= 0.6 is 0 Å². The molecule has 6 heteroatoms. The number of aryl methyl sites for hydroxylation is 2. The number of benzene rings is 1. The molecule has 2 heterocycles. The van der Waals surface area contributed by atoms with Gasteiger partial charge in [0, 0.05) is 5.69 Å². The first kappa shape index (κ1) is 15.1. The number of hydrogen-bond acceptors (Lipinski definition) is 4. The molecule has 0 fully saturated rings. The smallest absolute Gasteiger partial charge is 0.339 e. The number of ether oxygens (including phenoxy) is 1. The van der Waals surface area contributed by atoms with E-state index in [9.17, 15) is 9.18 Å². The lowest BCUT2D eigenvalue weighted by Crippen LogP contribution is -2.07. The zero-order valence-electron chi connectivity index (χ0n) is 13.1. The SMILES string of the molecule is CCOC(=O)c1cc(C)nc2c1c(C)nn2-c1ccc(F)cc1. The maximum absolute atomic E-state index is 13.1. The van der Waals surface area contributed by atoms with Gasteiger partial charge in [-0.2, -0.15) is 5.10 Å². The molecular formula is C17H16FN3O2. The standard InChI is InChI=1S/C17H16FN3O2/c1-4-23-17(22)14-9-10(2)19-16-15(14)11(3)20-21(16)13-7-5-12(18)6-8-13/h5-9H,4H2,1-3H3. The van der Waals surface area contributed by atoms with E-state index in [4.69, 9.17) is 4.74 Å². The Morgan fingerprint density at radius 1 is 1.26 bits per heavy atom. The van der Waals surface area contributed by atoms with E-state index in [0.29, 0.717) is 40.3 Å². The summed E-state index contributed by atoms with van der Waals surface area (Å²) in [5.74, 6) is -0.719. The third-order valence-electron chi connectivity index (χ3n) is 3.51. The summed E-state index contributed by atoms with van der Waals surface area (Å²) in [5.41, 5.74) is 3.03. The monoisotopic (exact) mass is 313 g/mol. The molecule has 3 aromatic rings. The van der Waals surface area contributed by atoms with Crippen molar-refractivity contribution in [2.45, 2.75) is 20.8 Å². The molecule has 0 atom stereocenters. The van der Waals surface area contributed by atoms with E-state index in [1.165, 1.54) is 12.1 Å². The first-order valence-electron chi connectivity index (χ1n) is 7.31. The maximum Gasteiger partial charge on any atom is 0.339 e. The molecule has 0 saturated heterocycles. The highest BCUT2D eigenvalue weighted by Gasteiger charge is 2.20. The van der Waals surface area contributed by atoms with E-state index in [1.807, 2.05) is 6.92 Å². The molecule has 118 valence electrons. The first-order chi connectivity index (χ1) is 11.0. The van der Waals surface area contributed by atoms with Gasteiger partial charge >= 0.3 is 5.97 Å². The minimum atomic E-state index is -0.398. The molecule has 1 aromatic carbocycles. The second-order valence-electron chi connectivity index (χ2n) is 5.20. The number of rotatable bonds is 3. The Hall–Kier alpha value is -2.76. The zero-order chi connectivity index (χ0) is 16.6. The number of fused-ring (bicyclic) bond motifs is 1. The molecule has 0 bridgehead atoms. The molecule has 0 amide bonds. The van der Waals surface area contributed by atoms with Crippen LogP contribution in [-0.2, 0) is 4.74 Å². The van der Waals surface area contributed by atoms with Crippen molar-refractivity contribution < 1.29 is 13.9 Å². The van der Waals surface area contributed by atoms with Gasteiger partial charge in [0.1, 0.15) is 5.82 Å². The number of carbonyl (C=O) groups is 1. The van der Waals surface area contributed by atoms with E-state index < -0.39 is 5.97 Å². The highest BCUT2D eigenvalue weighted by Crippen LogP contribution is 2.25. The van der Waals surface area contributed by atoms with Gasteiger partial charge in [-0.1, -0.05) is 0 Å². The van der Waals surface area contributed by atoms with Gasteiger partial charge in [0.25, 0.3) is 0 Å². The predicted molar refractivity (Wildman–Crippen MR) is 84.3 cm³/mol. The molecule has 0 radical (unpaired) electrons. The Morgan fingerprint density at radius 2 is 1.96 bits per heavy atom. The Balaban J connectivity index is 2.26. The van der Waals surface area contributed by atoms with Crippen molar-refractivity contribution in [3.63, 3.8) is 0 Å². The number of aromatic nitrogens is 3. The molecule has 0 N–H and O–H groups in total. The van der Waals surface area contributed by atoms with Gasteiger partial charge in [-0.25, -0.2) is 18.9 Å². The van der Waals surface area contributed by atoms with E-state index in [0.717, 1.165) is 0 Å². The molecule has 0 aliphatic heterocycles. The normalized spacial score (nSPS) is 11.0. The topological polar surface area (TPSA) is 57.0 Å². The Bertz CT molecular complexity index is 885. The van der Waals surface area contributed by atoms with Crippen LogP contribution in [0.15, 0.2) is 30.3 Å². The summed E-state index contributed by atoms with van der Waals surface area (Å²) in [6.45, 7) is 5.67. The quantitative estimate of drug-likeness (QED) is 0.696. The molecule has 0 spiro atoms. The summed E-state index contributed by atoms with van der Waals surface area (Å²) in [4.78, 5) is 16.7. The average Bonchev–Trinajstić information content (AvgIpc) is 2.84. The van der Waals surface area contributed by atoms with E-state index in [1.54, 1.807) is 36.7 Å². The highest BCUT2D eigenvalue weighted by molar-refractivity contribution is 6.04. The third-order valence-corrected chi connectivity index (χ3v) is 3.51. The van der Waals surface area contributed by atoms with Crippen LogP contribution in [0.1, 0.15) is 28.7 Å². The molecule has 0 aliphatic rings. The average molecular weight is 313 g/mol. The molecule has 0 unspecified atom stereocenters. The number of hydrogen-bond donors (Lipinski definition) is 0. The van der Waals surface area contributed by atoms with E-state index >= 15 is 0 Å². The molecule has 5 nitrogen and oxygen atoms in total. The largest absolute Gasteiger partial charge is 0.462 e. The Labute approximate surface area is 132 Å². The number of esters is 1. The molecule has 2 aromatic heterocycles. The lowest BCUT2D eigenvalue weighted by molar-refractivity contribution is 0.0528. The minimum absolute atomic E-state index is 0.298. The third kappa shape index (κ3) is 2.67. The van der Waals surface area contributed by atoms with Crippen LogP contribution in [0.2, 0.25) is 0 Å². The molecule has 0 saturated carbocycles. The summed E-state index contributed by atoms with van der Waals surface area (Å²) in [7, 11) is 0. The van der Waals surface area contributed by atoms with E-state index in [2.05, 4.69) is 10.1 Å². The summed E-state index contributed by atoms with van der Waals surface area (Å²) in [5, 5.41) is 5.11. The predicted octanol–water partition coefficient (Wildman–Crippen LogP) is 3.35. The van der Waals surface area contributed by atoms with Crippen LogP contribution < -0.4 is 0 Å². The fraction of sp³-hybridized carbons (Fsp3) is 0.235. The fourth-order valence-corrected chi connectivity index (χ4v) is 2.55. The lowest BCUT2D eigenvalue weighted by Gasteiger charge is -2.06. The van der Waals surface area contributed by atoms with Crippen LogP contribution in [0.4, 0.5) is 4.39 Å². The fourth-order valence-electron chi connectivity index (χ4n) is 2.55. The van der Waals surface area contributed by atoms with Crippen LogP contribution in [0, 0.1) is 19.7 Å². The zero-order valence-corrected chi connectivity index (χ0v) is 13.1. The van der Waals surface area contributed by atoms with Gasteiger partial charge in [0.05, 0.1) is 28.9 Å². The van der Waals surface area contributed by atoms with Crippen molar-refractivity contribution in [1.29, 1.82) is 0 Å². The number of carbonyl (C=O) groups excluding carboxylic acids is 1. The Kier molecular flexibility index (Phi) is 3.82. The van der Waals surface area contributed by atoms with Crippen molar-refractivity contribution in [2.75, 3.05) is 6.61 Å². The minimum Gasteiger partial charge on any atom is -0.462 e. The second-order valence-corrected chi connectivity index (χ2v) is 5.20. The van der Waals surface area contributed by atoms with Crippen molar-refractivity contribution >= 4 is 17.0 Å². The van der Waals surface area contributed by atoms with Crippen LogP contribution in [-0.4, -0.2) is 27.3 Å². The highest BCUT2D eigenvalue weighted by atomic mass is 19.1. The van der Waals surface area contributed by atoms with Crippen LogP contribution in [0.25, 0.3) is 16.7 Å². The van der Waals surface area contributed by atoms with Gasteiger partial charge < -0.3 is 4.74 Å². The molecule has 0 aliphatic carbocycles. The van der Waals surface area contributed by atoms with Crippen molar-refractivity contribution in [3.8, 4) is 5.69 Å². The van der Waals surface area contributed by atoms with Crippen molar-refractivity contribution in [2.24, 2.45) is 0 Å². The summed E-state index contributed by atoms with van der Waals surface area (Å²) in [6.07, 6.45) is 0. The molecule has 3 rings (SSSR count). The van der Waals surface area contributed by atoms with Crippen molar-refractivity contribution in [3.05, 3.63) is 53.1 Å². The van der Waals surface area contributed by atoms with Crippen LogP contribution in [0.5, 0.6) is 0 Å². The number of pyridine rings is 1. The van der Waals surface area contributed by atoms with Gasteiger partial charge in [0.2, 0.25) is 0 Å². The van der Waals surface area contributed by atoms with E-state index in [-0.39, 0.29) is 5.82 Å². The second kappa shape index (κ2) is 5.79. The molecule has 23 heavy (non-hydrogen) atoms. The van der Waals surface area contributed by atoms with Gasteiger partial charge in [-0.3, -0.25) is 0 Å². The first-order valence-corrected chi connectivity index (χ1v) is 7.31. The number of nitrogens with zero attached hydrogens (tertiary/aromatic N) is 3. The number of halogens is 1. The lowest BCUT2D eigenvalue weighted by atomic mass is 10.1. The van der Waals surface area contributed by atoms with Crippen molar-refractivity contribution in [1.82, 2.24) is 14.8 Å². The summed E-state index contributed by atoms with van der Waals surface area (Å²) >= 11 is 0. The summed E-state index contributed by atoms with van der Waals surface area (Å²) in [6, 6.07) is 7.66. The maximum atomic E-state index is 13.1. The molecular weight excluding hydrogens is 297 g/mol. The van der Waals surface area contributed by atoms with Gasteiger partial charge in [0.15, 0.2) is 5.65 Å². The van der Waals surface area contributed by atoms with Crippen LogP contribution in [0.3, 0.4) is 0 Å².